The fourth-order valence-electron chi connectivity index (χ4n) is 6.06. The highest BCUT2D eigenvalue weighted by Crippen LogP contribution is 2.39. The number of methoxy groups -OCH3 is 2. The number of fused-ring (bicyclic) bond motifs is 1. The lowest BCUT2D eigenvalue weighted by Crippen LogP contribution is -2.54. The number of hydrogen-bond donors (Lipinski definition) is 5. The molecule has 2 aliphatic heterocycles. The Morgan fingerprint density at radius 1 is 1.09 bits per heavy atom. The van der Waals surface area contributed by atoms with Crippen LogP contribution in [0.25, 0.3) is 0 Å². The molecular weight excluding hydrogens is 688 g/mol. The first-order chi connectivity index (χ1) is 25.2. The number of hydrogen-bond acceptors (Lipinski definition) is 14. The molecule has 17 heteroatoms. The van der Waals surface area contributed by atoms with Crippen molar-refractivity contribution in [2.24, 2.45) is 0 Å². The second kappa shape index (κ2) is 16.1. The SMILES string of the molecule is COc1cc(Cc2cnc(N)nc2N)cc(OC)c1OCC(=O)NC(C)(C)COC(C)CCNc1cccc2c1C(=O)N(C1CCC(=O)NC1=O)C2=O. The summed E-state index contributed by atoms with van der Waals surface area (Å²) < 4.78 is 23.0. The molecule has 17 nitrogen and oxygen atoms in total. The average Bonchev–Trinajstić information content (AvgIpc) is 3.36. The van der Waals surface area contributed by atoms with Crippen molar-refractivity contribution in [2.45, 2.75) is 64.1 Å². The van der Waals surface area contributed by atoms with Gasteiger partial charge in [0.05, 0.1) is 43.6 Å². The highest BCUT2D eigenvalue weighted by atomic mass is 16.5. The van der Waals surface area contributed by atoms with Crippen LogP contribution in [0.5, 0.6) is 17.2 Å². The first kappa shape index (κ1) is 38.3. The standard InChI is InChI=1S/C36H44N8O9/c1-19(11-12-39-23-8-6-7-22-29(23)34(49)44(33(22)48)24-9-10-27(45)41-32(24)47)53-18-36(2,3)43-28(46)17-52-30-25(50-4)14-20(15-26(30)51-5)13-21-16-40-35(38)42-31(21)37/h6-8,14-16,19,24,39H,9-13,17-18H2,1-5H3,(H,43,46)(H,41,45,47)(H4,37,38,40,42). The number of amides is 5. The molecule has 2 unspecified atom stereocenters. The van der Waals surface area contributed by atoms with E-state index in [0.29, 0.717) is 42.1 Å². The molecule has 0 spiro atoms. The number of carbonyl (C=O) groups is 5. The molecule has 1 fully saturated rings. The van der Waals surface area contributed by atoms with Crippen molar-refractivity contribution in [3.63, 3.8) is 0 Å². The van der Waals surface area contributed by atoms with E-state index in [2.05, 4.69) is 25.9 Å². The summed E-state index contributed by atoms with van der Waals surface area (Å²) in [6, 6.07) is 7.34. The quantitative estimate of drug-likeness (QED) is 0.132. The summed E-state index contributed by atoms with van der Waals surface area (Å²) in [6.07, 6.45) is 2.34. The van der Waals surface area contributed by atoms with Gasteiger partial charge >= 0.3 is 0 Å². The van der Waals surface area contributed by atoms with Gasteiger partial charge in [-0.2, -0.15) is 4.98 Å². The van der Waals surface area contributed by atoms with E-state index < -0.39 is 41.1 Å². The number of rotatable bonds is 16. The normalized spacial score (nSPS) is 16.2. The number of benzene rings is 2. The molecule has 7 N–H and O–H groups in total. The number of aromatic nitrogens is 2. The van der Waals surface area contributed by atoms with Crippen LogP contribution >= 0.6 is 0 Å². The predicted molar refractivity (Wildman–Crippen MR) is 193 cm³/mol. The van der Waals surface area contributed by atoms with Gasteiger partial charge in [0.15, 0.2) is 18.1 Å². The maximum absolute atomic E-state index is 13.3. The summed E-state index contributed by atoms with van der Waals surface area (Å²) in [4.78, 5) is 72.4. The van der Waals surface area contributed by atoms with Gasteiger partial charge in [-0.3, -0.25) is 34.2 Å². The molecule has 1 saturated heterocycles. The topological polar surface area (TPSA) is 239 Å². The van der Waals surface area contributed by atoms with Crippen LogP contribution < -0.4 is 41.6 Å². The lowest BCUT2D eigenvalue weighted by atomic mass is 10.0. The van der Waals surface area contributed by atoms with Gasteiger partial charge in [-0.25, -0.2) is 4.98 Å². The third-order valence-corrected chi connectivity index (χ3v) is 8.72. The van der Waals surface area contributed by atoms with Crippen LogP contribution in [0.2, 0.25) is 0 Å². The second-order valence-electron chi connectivity index (χ2n) is 13.4. The monoisotopic (exact) mass is 732 g/mol. The molecule has 0 saturated carbocycles. The minimum absolute atomic E-state index is 0.0426. The maximum Gasteiger partial charge on any atom is 0.264 e. The summed E-state index contributed by atoms with van der Waals surface area (Å²) in [5, 5.41) is 8.33. The highest BCUT2D eigenvalue weighted by Gasteiger charge is 2.45. The van der Waals surface area contributed by atoms with Crippen molar-refractivity contribution >= 4 is 47.0 Å². The lowest BCUT2D eigenvalue weighted by Gasteiger charge is -2.28. The third-order valence-electron chi connectivity index (χ3n) is 8.72. The lowest BCUT2D eigenvalue weighted by molar-refractivity contribution is -0.136. The zero-order valence-corrected chi connectivity index (χ0v) is 30.2. The predicted octanol–water partition coefficient (Wildman–Crippen LogP) is 1.83. The number of carbonyl (C=O) groups excluding carboxylic acids is 5. The molecule has 2 atom stereocenters. The van der Waals surface area contributed by atoms with Crippen LogP contribution in [0, 0.1) is 0 Å². The number of nitrogens with two attached hydrogens (primary N) is 2. The van der Waals surface area contributed by atoms with Gasteiger partial charge in [-0.15, -0.1) is 0 Å². The van der Waals surface area contributed by atoms with Gasteiger partial charge in [0.2, 0.25) is 23.5 Å². The van der Waals surface area contributed by atoms with E-state index >= 15 is 0 Å². The Kier molecular flexibility index (Phi) is 11.7. The Balaban J connectivity index is 1.10. The van der Waals surface area contributed by atoms with E-state index in [9.17, 15) is 24.0 Å². The summed E-state index contributed by atoms with van der Waals surface area (Å²) >= 11 is 0. The smallest absolute Gasteiger partial charge is 0.264 e. The third kappa shape index (κ3) is 8.92. The van der Waals surface area contributed by atoms with E-state index in [-0.39, 0.29) is 60.8 Å². The van der Waals surface area contributed by atoms with Crippen LogP contribution in [-0.4, -0.2) is 96.1 Å². The number of ether oxygens (including phenoxy) is 4. The van der Waals surface area contributed by atoms with Gasteiger partial charge in [-0.05, 0) is 63.4 Å². The van der Waals surface area contributed by atoms with E-state index in [1.165, 1.54) is 14.2 Å². The first-order valence-electron chi connectivity index (χ1n) is 17.0. The van der Waals surface area contributed by atoms with Gasteiger partial charge in [0.1, 0.15) is 11.9 Å². The fourth-order valence-corrected chi connectivity index (χ4v) is 6.06. The van der Waals surface area contributed by atoms with Crippen molar-refractivity contribution in [1.82, 2.24) is 25.5 Å². The molecule has 2 aromatic carbocycles. The van der Waals surface area contributed by atoms with Crippen molar-refractivity contribution in [3.05, 3.63) is 58.8 Å². The van der Waals surface area contributed by atoms with Crippen LogP contribution in [-0.2, 0) is 25.5 Å². The molecule has 53 heavy (non-hydrogen) atoms. The molecule has 3 aromatic rings. The Morgan fingerprint density at radius 3 is 2.47 bits per heavy atom. The molecule has 282 valence electrons. The van der Waals surface area contributed by atoms with Gasteiger partial charge in [-0.1, -0.05) is 6.07 Å². The van der Waals surface area contributed by atoms with Crippen LogP contribution in [0.1, 0.15) is 71.9 Å². The molecule has 5 amide bonds. The minimum atomic E-state index is -1.04. The van der Waals surface area contributed by atoms with Gasteiger partial charge < -0.3 is 41.0 Å². The number of piperidine rings is 1. The summed E-state index contributed by atoms with van der Waals surface area (Å²) in [6.45, 7) is 5.80. The van der Waals surface area contributed by atoms with E-state index in [1.807, 2.05) is 20.8 Å². The number of nitrogen functional groups attached to an aromatic ring is 2. The Hall–Kier alpha value is -5.97. The molecular formula is C36H44N8O9. The van der Waals surface area contributed by atoms with Crippen molar-refractivity contribution < 1.29 is 42.9 Å². The molecule has 1 aromatic heterocycles. The fraction of sp³-hybridized carbons (Fsp3) is 0.417. The number of nitrogens with zero attached hydrogens (tertiary/aromatic N) is 3. The second-order valence-corrected chi connectivity index (χ2v) is 13.4. The molecule has 0 aliphatic carbocycles. The van der Waals surface area contributed by atoms with Crippen LogP contribution in [0.15, 0.2) is 36.5 Å². The van der Waals surface area contributed by atoms with E-state index in [1.54, 1.807) is 36.5 Å². The minimum Gasteiger partial charge on any atom is -0.493 e. The Morgan fingerprint density at radius 2 is 1.81 bits per heavy atom. The zero-order chi connectivity index (χ0) is 38.4. The van der Waals surface area contributed by atoms with Crippen molar-refractivity contribution in [3.8, 4) is 17.2 Å². The molecule has 3 heterocycles. The van der Waals surface area contributed by atoms with Crippen molar-refractivity contribution in [2.75, 3.05) is 50.8 Å². The summed E-state index contributed by atoms with van der Waals surface area (Å²) in [5.41, 5.74) is 13.1. The summed E-state index contributed by atoms with van der Waals surface area (Å²) in [7, 11) is 2.96. The van der Waals surface area contributed by atoms with Gasteiger partial charge in [0, 0.05) is 36.8 Å². The van der Waals surface area contributed by atoms with Crippen molar-refractivity contribution in [1.29, 1.82) is 0 Å². The molecule has 0 bridgehead atoms. The molecule has 2 aliphatic rings. The number of imide groups is 2. The summed E-state index contributed by atoms with van der Waals surface area (Å²) in [5.74, 6) is -1.34. The number of anilines is 3. The van der Waals surface area contributed by atoms with Gasteiger partial charge in [0.25, 0.3) is 17.7 Å². The zero-order valence-electron chi connectivity index (χ0n) is 30.2. The first-order valence-corrected chi connectivity index (χ1v) is 17.0. The largest absolute Gasteiger partial charge is 0.493 e. The van der Waals surface area contributed by atoms with E-state index in [0.717, 1.165) is 10.5 Å². The van der Waals surface area contributed by atoms with Crippen LogP contribution in [0.3, 0.4) is 0 Å². The Bertz CT molecular complexity index is 1890. The van der Waals surface area contributed by atoms with Crippen LogP contribution in [0.4, 0.5) is 17.5 Å². The average molecular weight is 733 g/mol. The maximum atomic E-state index is 13.3. The molecule has 5 rings (SSSR count). The number of nitrogens with one attached hydrogen (secondary N) is 3. The highest BCUT2D eigenvalue weighted by molar-refractivity contribution is 6.25. The Labute approximate surface area is 306 Å². The van der Waals surface area contributed by atoms with E-state index in [4.69, 9.17) is 30.4 Å². The molecule has 0 radical (unpaired) electrons.